The SMILES string of the molecule is C=CCN1C(=O)C(=Cc2c(N3CCC(Cc4ccccc4)CC3)nc3ccccn3c2=O)SC1=S. The molecule has 2 aliphatic rings. The number of fused-ring (bicyclic) bond motifs is 1. The van der Waals surface area contributed by atoms with E-state index in [2.05, 4.69) is 35.7 Å². The highest BCUT2D eigenvalue weighted by Crippen LogP contribution is 2.34. The number of amides is 1. The molecule has 0 radical (unpaired) electrons. The lowest BCUT2D eigenvalue weighted by atomic mass is 9.90. The number of anilines is 1. The molecule has 2 aliphatic heterocycles. The fourth-order valence-corrected chi connectivity index (χ4v) is 5.93. The molecule has 5 rings (SSSR count). The summed E-state index contributed by atoms with van der Waals surface area (Å²) in [5, 5.41) is 0. The summed E-state index contributed by atoms with van der Waals surface area (Å²) in [6.45, 7) is 5.67. The van der Waals surface area contributed by atoms with E-state index in [0.29, 0.717) is 38.7 Å². The molecule has 1 amide bonds. The number of benzene rings is 1. The van der Waals surface area contributed by atoms with Crippen molar-refractivity contribution in [1.82, 2.24) is 14.3 Å². The van der Waals surface area contributed by atoms with Gasteiger partial charge in [0.05, 0.1) is 10.5 Å². The molecule has 1 aromatic carbocycles. The minimum Gasteiger partial charge on any atom is -0.356 e. The Balaban J connectivity index is 1.47. The molecule has 3 aromatic rings. The van der Waals surface area contributed by atoms with Crippen molar-refractivity contribution in [3.05, 3.63) is 93.8 Å². The average Bonchev–Trinajstić information content (AvgIpc) is 3.14. The van der Waals surface area contributed by atoms with Crippen molar-refractivity contribution in [1.29, 1.82) is 0 Å². The van der Waals surface area contributed by atoms with Gasteiger partial charge in [0, 0.05) is 25.8 Å². The quantitative estimate of drug-likeness (QED) is 0.280. The number of carbonyl (C=O) groups excluding carboxylic acids is 1. The van der Waals surface area contributed by atoms with Crippen LogP contribution in [0.2, 0.25) is 0 Å². The van der Waals surface area contributed by atoms with E-state index >= 15 is 0 Å². The molecular formula is C27H26N4O2S2. The zero-order chi connectivity index (χ0) is 24.4. The monoisotopic (exact) mass is 502 g/mol. The van der Waals surface area contributed by atoms with Gasteiger partial charge in [0.2, 0.25) is 0 Å². The molecule has 35 heavy (non-hydrogen) atoms. The number of hydrogen-bond donors (Lipinski definition) is 0. The van der Waals surface area contributed by atoms with E-state index in [1.807, 2.05) is 18.2 Å². The van der Waals surface area contributed by atoms with Gasteiger partial charge >= 0.3 is 0 Å². The van der Waals surface area contributed by atoms with E-state index in [4.69, 9.17) is 17.2 Å². The lowest BCUT2D eigenvalue weighted by Crippen LogP contribution is -2.37. The third-order valence-corrected chi connectivity index (χ3v) is 7.87. The largest absolute Gasteiger partial charge is 0.356 e. The Morgan fingerprint density at radius 1 is 1.09 bits per heavy atom. The summed E-state index contributed by atoms with van der Waals surface area (Å²) in [5.41, 5.74) is 2.19. The summed E-state index contributed by atoms with van der Waals surface area (Å²) < 4.78 is 2.00. The van der Waals surface area contributed by atoms with Crippen molar-refractivity contribution in [2.45, 2.75) is 19.3 Å². The zero-order valence-electron chi connectivity index (χ0n) is 19.3. The van der Waals surface area contributed by atoms with Crippen molar-refractivity contribution < 1.29 is 4.79 Å². The van der Waals surface area contributed by atoms with Crippen molar-refractivity contribution in [3.63, 3.8) is 0 Å². The third-order valence-electron chi connectivity index (χ3n) is 6.49. The number of carbonyl (C=O) groups is 1. The second-order valence-electron chi connectivity index (χ2n) is 8.78. The van der Waals surface area contributed by atoms with E-state index < -0.39 is 0 Å². The van der Waals surface area contributed by atoms with Gasteiger partial charge in [-0.05, 0) is 49.0 Å². The summed E-state index contributed by atoms with van der Waals surface area (Å²) >= 11 is 6.60. The molecule has 0 N–H and O–H groups in total. The second kappa shape index (κ2) is 10.2. The van der Waals surface area contributed by atoms with E-state index in [0.717, 1.165) is 32.4 Å². The van der Waals surface area contributed by atoms with Gasteiger partial charge in [-0.25, -0.2) is 4.98 Å². The first kappa shape index (κ1) is 23.5. The second-order valence-corrected chi connectivity index (χ2v) is 10.5. The standard InChI is InChI=1S/C27H26N4O2S2/c1-2-13-31-26(33)22(35-27(31)34)18-21-24(28-23-10-6-7-14-30(23)25(21)32)29-15-11-20(12-16-29)17-19-8-4-3-5-9-19/h2-10,14,18,20H,1,11-13,15-17H2. The molecule has 0 saturated carbocycles. The Hall–Kier alpha value is -3.23. The van der Waals surface area contributed by atoms with Gasteiger partial charge in [0.25, 0.3) is 11.5 Å². The van der Waals surface area contributed by atoms with E-state index in [1.54, 1.807) is 24.4 Å². The molecule has 178 valence electrons. The molecule has 0 bridgehead atoms. The minimum absolute atomic E-state index is 0.189. The summed E-state index contributed by atoms with van der Waals surface area (Å²) in [5.74, 6) is 1.02. The molecule has 6 nitrogen and oxygen atoms in total. The number of rotatable bonds is 6. The molecule has 2 aromatic heterocycles. The van der Waals surface area contributed by atoms with E-state index in [1.165, 1.54) is 26.6 Å². The molecule has 2 fully saturated rings. The summed E-state index contributed by atoms with van der Waals surface area (Å²) in [6.07, 6.45) is 8.12. The summed E-state index contributed by atoms with van der Waals surface area (Å²) in [6, 6.07) is 16.1. The predicted octanol–water partition coefficient (Wildman–Crippen LogP) is 4.54. The Bertz CT molecular complexity index is 1370. The maximum atomic E-state index is 13.5. The average molecular weight is 503 g/mol. The highest BCUT2D eigenvalue weighted by molar-refractivity contribution is 8.26. The van der Waals surface area contributed by atoms with Gasteiger partial charge in [-0.3, -0.25) is 18.9 Å². The van der Waals surface area contributed by atoms with Gasteiger partial charge in [-0.2, -0.15) is 0 Å². The number of thioether (sulfide) groups is 1. The van der Waals surface area contributed by atoms with Gasteiger partial charge in [-0.15, -0.1) is 6.58 Å². The number of pyridine rings is 1. The van der Waals surface area contributed by atoms with Crippen LogP contribution >= 0.6 is 24.0 Å². The molecule has 0 atom stereocenters. The Labute approximate surface area is 214 Å². The van der Waals surface area contributed by atoms with Gasteiger partial charge in [-0.1, -0.05) is 66.5 Å². The molecule has 2 saturated heterocycles. The fourth-order valence-electron chi connectivity index (χ4n) is 4.67. The van der Waals surface area contributed by atoms with Gasteiger partial charge in [0.1, 0.15) is 15.8 Å². The van der Waals surface area contributed by atoms with Crippen LogP contribution in [-0.4, -0.2) is 44.1 Å². The predicted molar refractivity (Wildman–Crippen MR) is 147 cm³/mol. The lowest BCUT2D eigenvalue weighted by Gasteiger charge is -2.33. The van der Waals surface area contributed by atoms with Crippen LogP contribution in [0.1, 0.15) is 24.0 Å². The maximum Gasteiger partial charge on any atom is 0.267 e. The zero-order valence-corrected chi connectivity index (χ0v) is 20.9. The third kappa shape index (κ3) is 4.81. The first-order chi connectivity index (χ1) is 17.0. The van der Waals surface area contributed by atoms with Crippen LogP contribution in [0.3, 0.4) is 0 Å². The van der Waals surface area contributed by atoms with Gasteiger partial charge < -0.3 is 4.90 Å². The van der Waals surface area contributed by atoms with Crippen LogP contribution in [0.15, 0.2) is 77.1 Å². The smallest absolute Gasteiger partial charge is 0.267 e. The van der Waals surface area contributed by atoms with Crippen LogP contribution in [0.25, 0.3) is 11.7 Å². The topological polar surface area (TPSA) is 57.9 Å². The molecule has 4 heterocycles. The molecule has 0 unspecified atom stereocenters. The molecule has 0 aliphatic carbocycles. The number of piperidine rings is 1. The minimum atomic E-state index is -0.204. The first-order valence-corrected chi connectivity index (χ1v) is 12.9. The number of nitrogens with zero attached hydrogens (tertiary/aromatic N) is 4. The molecular weight excluding hydrogens is 476 g/mol. The normalized spacial score (nSPS) is 18.1. The Morgan fingerprint density at radius 3 is 2.57 bits per heavy atom. The van der Waals surface area contributed by atoms with Crippen molar-refractivity contribution in [2.75, 3.05) is 24.5 Å². The van der Waals surface area contributed by atoms with Crippen LogP contribution in [0.4, 0.5) is 5.82 Å². The van der Waals surface area contributed by atoms with Crippen LogP contribution in [0, 0.1) is 5.92 Å². The van der Waals surface area contributed by atoms with E-state index in [9.17, 15) is 9.59 Å². The van der Waals surface area contributed by atoms with Crippen molar-refractivity contribution in [3.8, 4) is 0 Å². The maximum absolute atomic E-state index is 13.5. The van der Waals surface area contributed by atoms with Crippen LogP contribution in [-0.2, 0) is 11.2 Å². The number of hydrogen-bond acceptors (Lipinski definition) is 6. The number of aromatic nitrogens is 2. The summed E-state index contributed by atoms with van der Waals surface area (Å²) in [7, 11) is 0. The van der Waals surface area contributed by atoms with Crippen LogP contribution in [0.5, 0.6) is 0 Å². The van der Waals surface area contributed by atoms with Gasteiger partial charge in [0.15, 0.2) is 0 Å². The molecule has 8 heteroatoms. The first-order valence-electron chi connectivity index (χ1n) is 11.7. The Kier molecular flexibility index (Phi) is 6.83. The van der Waals surface area contributed by atoms with Crippen LogP contribution < -0.4 is 10.5 Å². The number of thiocarbonyl (C=S) groups is 1. The molecule has 0 spiro atoms. The van der Waals surface area contributed by atoms with Crippen molar-refractivity contribution in [2.24, 2.45) is 5.92 Å². The highest BCUT2D eigenvalue weighted by Gasteiger charge is 2.32. The fraction of sp³-hybridized carbons (Fsp3) is 0.259. The lowest BCUT2D eigenvalue weighted by molar-refractivity contribution is -0.121. The Morgan fingerprint density at radius 2 is 1.83 bits per heavy atom. The highest BCUT2D eigenvalue weighted by atomic mass is 32.2. The summed E-state index contributed by atoms with van der Waals surface area (Å²) in [4.78, 5) is 35.5. The van der Waals surface area contributed by atoms with Crippen molar-refractivity contribution >= 4 is 51.7 Å². The van der Waals surface area contributed by atoms with E-state index in [-0.39, 0.29) is 11.5 Å².